The van der Waals surface area contributed by atoms with Crippen LogP contribution in [0.25, 0.3) is 11.3 Å². The van der Waals surface area contributed by atoms with E-state index >= 15 is 0 Å². The summed E-state index contributed by atoms with van der Waals surface area (Å²) in [6, 6.07) is 15.3. The highest BCUT2D eigenvalue weighted by Gasteiger charge is 2.19. The number of aryl methyl sites for hydroxylation is 1. The van der Waals surface area contributed by atoms with Gasteiger partial charge in [-0.25, -0.2) is 0 Å². The number of rotatable bonds is 8. The molecule has 2 heterocycles. The van der Waals surface area contributed by atoms with Gasteiger partial charge in [0.25, 0.3) is 5.91 Å². The van der Waals surface area contributed by atoms with Crippen LogP contribution in [0, 0.1) is 5.41 Å². The van der Waals surface area contributed by atoms with Crippen molar-refractivity contribution in [1.29, 1.82) is 5.41 Å². The Kier molecular flexibility index (Phi) is 7.00. The van der Waals surface area contributed by atoms with Crippen molar-refractivity contribution in [3.63, 3.8) is 0 Å². The molecule has 1 atom stereocenters. The first-order valence-corrected chi connectivity index (χ1v) is 11.2. The van der Waals surface area contributed by atoms with E-state index in [1.807, 2.05) is 55.6 Å². The lowest BCUT2D eigenvalue weighted by molar-refractivity contribution is 0.0939. The Morgan fingerprint density at radius 2 is 2.06 bits per heavy atom. The minimum absolute atomic E-state index is 0.0224. The standard InChI is InChI=1S/C26H29N5O2/c1-3-17-12-18(5-7-23(17)26(32)31-20-8-10-29-16-20)25-14-22(9-11-30-25)33-21-6-4-19(15-27)24(13-21)28-2/h4-7,9,11-15,20,27-29H,3,8,10,16H2,1-2H3,(H,31,32). The second kappa shape index (κ2) is 10.3. The highest BCUT2D eigenvalue weighted by Crippen LogP contribution is 2.29. The third kappa shape index (κ3) is 5.21. The summed E-state index contributed by atoms with van der Waals surface area (Å²) in [5.74, 6) is 1.31. The topological polar surface area (TPSA) is 99.1 Å². The van der Waals surface area contributed by atoms with E-state index in [-0.39, 0.29) is 11.9 Å². The van der Waals surface area contributed by atoms with E-state index in [4.69, 9.17) is 10.1 Å². The van der Waals surface area contributed by atoms with Gasteiger partial charge in [0, 0.05) is 66.6 Å². The quantitative estimate of drug-likeness (QED) is 0.391. The molecule has 33 heavy (non-hydrogen) atoms. The molecule has 4 N–H and O–H groups in total. The maximum Gasteiger partial charge on any atom is 0.251 e. The van der Waals surface area contributed by atoms with Crippen LogP contribution in [0.5, 0.6) is 11.5 Å². The van der Waals surface area contributed by atoms with Crippen LogP contribution in [0.15, 0.2) is 54.7 Å². The summed E-state index contributed by atoms with van der Waals surface area (Å²) >= 11 is 0. The van der Waals surface area contributed by atoms with Gasteiger partial charge < -0.3 is 26.1 Å². The molecule has 4 rings (SSSR count). The first kappa shape index (κ1) is 22.5. The number of hydrogen-bond donors (Lipinski definition) is 4. The van der Waals surface area contributed by atoms with E-state index in [0.29, 0.717) is 17.1 Å². The van der Waals surface area contributed by atoms with Crippen LogP contribution in [0.1, 0.15) is 34.8 Å². The van der Waals surface area contributed by atoms with Gasteiger partial charge in [-0.1, -0.05) is 13.0 Å². The number of nitrogens with zero attached hydrogens (tertiary/aromatic N) is 1. The van der Waals surface area contributed by atoms with Gasteiger partial charge in [-0.3, -0.25) is 9.78 Å². The number of hydrogen-bond acceptors (Lipinski definition) is 6. The SMILES string of the molecule is CCc1cc(-c2cc(Oc3ccc(C=N)c(NC)c3)ccn2)ccc1C(=O)NC1CCNC1. The van der Waals surface area contributed by atoms with Crippen molar-refractivity contribution in [1.82, 2.24) is 15.6 Å². The highest BCUT2D eigenvalue weighted by molar-refractivity contribution is 5.96. The molecule has 170 valence electrons. The average molecular weight is 444 g/mol. The van der Waals surface area contributed by atoms with Crippen LogP contribution in [0.3, 0.4) is 0 Å². The van der Waals surface area contributed by atoms with E-state index in [0.717, 1.165) is 54.0 Å². The van der Waals surface area contributed by atoms with E-state index in [9.17, 15) is 4.79 Å². The van der Waals surface area contributed by atoms with Crippen LogP contribution >= 0.6 is 0 Å². The Labute approximate surface area is 194 Å². The molecular formula is C26H29N5O2. The van der Waals surface area contributed by atoms with Crippen LogP contribution in [-0.2, 0) is 6.42 Å². The molecule has 1 unspecified atom stereocenters. The van der Waals surface area contributed by atoms with E-state index in [1.54, 1.807) is 6.20 Å². The van der Waals surface area contributed by atoms with Crippen molar-refractivity contribution in [3.8, 4) is 22.8 Å². The fourth-order valence-electron chi connectivity index (χ4n) is 4.02. The molecule has 1 aromatic heterocycles. The van der Waals surface area contributed by atoms with Crippen molar-refractivity contribution in [3.05, 3.63) is 71.4 Å². The number of carbonyl (C=O) groups excluding carboxylic acids is 1. The van der Waals surface area contributed by atoms with Crippen molar-refractivity contribution < 1.29 is 9.53 Å². The summed E-state index contributed by atoms with van der Waals surface area (Å²) < 4.78 is 6.05. The fraction of sp³-hybridized carbons (Fsp3) is 0.269. The number of carbonyl (C=O) groups is 1. The third-order valence-corrected chi connectivity index (χ3v) is 5.84. The number of benzene rings is 2. The van der Waals surface area contributed by atoms with Gasteiger partial charge in [0.15, 0.2) is 0 Å². The van der Waals surface area contributed by atoms with E-state index in [1.165, 1.54) is 6.21 Å². The zero-order valence-electron chi connectivity index (χ0n) is 18.9. The van der Waals surface area contributed by atoms with Crippen LogP contribution < -0.4 is 20.7 Å². The number of anilines is 1. The number of nitrogens with one attached hydrogen (secondary N) is 4. The van der Waals surface area contributed by atoms with Gasteiger partial charge in [0.05, 0.1) is 5.69 Å². The second-order valence-electron chi connectivity index (χ2n) is 8.01. The fourth-order valence-corrected chi connectivity index (χ4v) is 4.02. The molecule has 0 aliphatic carbocycles. The summed E-state index contributed by atoms with van der Waals surface area (Å²) in [4.78, 5) is 17.3. The van der Waals surface area contributed by atoms with Crippen molar-refractivity contribution >= 4 is 17.8 Å². The summed E-state index contributed by atoms with van der Waals surface area (Å²) in [5, 5.41) is 17.0. The third-order valence-electron chi connectivity index (χ3n) is 5.84. The zero-order chi connectivity index (χ0) is 23.2. The monoisotopic (exact) mass is 443 g/mol. The van der Waals surface area contributed by atoms with Gasteiger partial charge in [-0.2, -0.15) is 0 Å². The first-order valence-electron chi connectivity index (χ1n) is 11.2. The summed E-state index contributed by atoms with van der Waals surface area (Å²) in [5.41, 5.74) is 5.04. The molecule has 7 nitrogen and oxygen atoms in total. The van der Waals surface area contributed by atoms with Crippen molar-refractivity contribution in [2.75, 3.05) is 25.5 Å². The highest BCUT2D eigenvalue weighted by atomic mass is 16.5. The maximum atomic E-state index is 12.8. The maximum absolute atomic E-state index is 12.8. The lowest BCUT2D eigenvalue weighted by Gasteiger charge is -2.15. The number of amides is 1. The number of pyridine rings is 1. The minimum Gasteiger partial charge on any atom is -0.457 e. The molecule has 0 bridgehead atoms. The number of ether oxygens (including phenoxy) is 1. The van der Waals surface area contributed by atoms with Gasteiger partial charge in [-0.15, -0.1) is 0 Å². The second-order valence-corrected chi connectivity index (χ2v) is 8.01. The predicted octanol–water partition coefficient (Wildman–Crippen LogP) is 4.23. The summed E-state index contributed by atoms with van der Waals surface area (Å²) in [6.45, 7) is 3.82. The molecule has 1 amide bonds. The lowest BCUT2D eigenvalue weighted by Crippen LogP contribution is -2.36. The van der Waals surface area contributed by atoms with Gasteiger partial charge in [0.1, 0.15) is 11.5 Å². The first-order chi connectivity index (χ1) is 16.1. The summed E-state index contributed by atoms with van der Waals surface area (Å²) in [7, 11) is 1.82. The number of aromatic nitrogens is 1. The van der Waals surface area contributed by atoms with Crippen molar-refractivity contribution in [2.45, 2.75) is 25.8 Å². The summed E-state index contributed by atoms with van der Waals surface area (Å²) in [6.07, 6.45) is 4.73. The van der Waals surface area contributed by atoms with Gasteiger partial charge in [0.2, 0.25) is 0 Å². The Morgan fingerprint density at radius 3 is 2.79 bits per heavy atom. The average Bonchev–Trinajstić information content (AvgIpc) is 3.36. The predicted molar refractivity (Wildman–Crippen MR) is 132 cm³/mol. The molecule has 0 saturated carbocycles. The molecule has 1 aliphatic rings. The molecule has 2 aromatic carbocycles. The Morgan fingerprint density at radius 1 is 1.21 bits per heavy atom. The van der Waals surface area contributed by atoms with Crippen LogP contribution in [0.2, 0.25) is 0 Å². The van der Waals surface area contributed by atoms with E-state index < -0.39 is 0 Å². The lowest BCUT2D eigenvalue weighted by atomic mass is 9.99. The minimum atomic E-state index is -0.0224. The van der Waals surface area contributed by atoms with Crippen molar-refractivity contribution in [2.24, 2.45) is 0 Å². The zero-order valence-corrected chi connectivity index (χ0v) is 18.9. The Bertz CT molecular complexity index is 1160. The molecule has 1 saturated heterocycles. The largest absolute Gasteiger partial charge is 0.457 e. The van der Waals surface area contributed by atoms with Gasteiger partial charge in [-0.05, 0) is 55.3 Å². The normalized spacial score (nSPS) is 15.2. The molecule has 0 radical (unpaired) electrons. The molecule has 3 aromatic rings. The van der Waals surface area contributed by atoms with Crippen LogP contribution in [-0.4, -0.2) is 43.3 Å². The molecule has 7 heteroatoms. The molecule has 1 fully saturated rings. The Balaban J connectivity index is 1.55. The molecule has 1 aliphatic heterocycles. The van der Waals surface area contributed by atoms with E-state index in [2.05, 4.69) is 27.9 Å². The smallest absolute Gasteiger partial charge is 0.251 e. The molecular weight excluding hydrogens is 414 g/mol. The van der Waals surface area contributed by atoms with Gasteiger partial charge >= 0.3 is 0 Å². The Hall–Kier alpha value is -3.71. The molecule has 0 spiro atoms. The van der Waals surface area contributed by atoms with Crippen LogP contribution in [0.4, 0.5) is 5.69 Å².